The molecule has 0 radical (unpaired) electrons. The number of nitrogens with zero attached hydrogens (tertiary/aromatic N) is 1. The van der Waals surface area contributed by atoms with Crippen LogP contribution in [0.3, 0.4) is 0 Å². The summed E-state index contributed by atoms with van der Waals surface area (Å²) in [5.74, 6) is 0.163. The highest BCUT2D eigenvalue weighted by Gasteiger charge is 2.18. The first-order chi connectivity index (χ1) is 14.0. The van der Waals surface area contributed by atoms with Crippen molar-refractivity contribution in [3.63, 3.8) is 0 Å². The van der Waals surface area contributed by atoms with E-state index in [1.165, 1.54) is 13.2 Å². The average Bonchev–Trinajstić information content (AvgIpc) is 2.73. The van der Waals surface area contributed by atoms with Crippen LogP contribution >= 0.6 is 0 Å². The lowest BCUT2D eigenvalue weighted by molar-refractivity contribution is -0.384. The normalized spacial score (nSPS) is 10.3. The maximum Gasteiger partial charge on any atom is 0.293 e. The smallest absolute Gasteiger partial charge is 0.293 e. The van der Waals surface area contributed by atoms with Gasteiger partial charge in [-0.1, -0.05) is 35.9 Å². The van der Waals surface area contributed by atoms with Gasteiger partial charge in [-0.05, 0) is 36.8 Å². The molecule has 0 bridgehead atoms. The average molecular weight is 391 g/mol. The maximum atomic E-state index is 12.5. The zero-order valence-electron chi connectivity index (χ0n) is 16.1. The van der Waals surface area contributed by atoms with Crippen molar-refractivity contribution in [3.05, 3.63) is 93.5 Å². The fraction of sp³-hybridized carbons (Fsp3) is 0.136. The Morgan fingerprint density at radius 1 is 1.07 bits per heavy atom. The van der Waals surface area contributed by atoms with Crippen LogP contribution in [0.1, 0.15) is 21.5 Å². The van der Waals surface area contributed by atoms with Gasteiger partial charge in [0.15, 0.2) is 0 Å². The Morgan fingerprint density at radius 3 is 2.52 bits per heavy atom. The second-order valence-electron chi connectivity index (χ2n) is 6.51. The van der Waals surface area contributed by atoms with Gasteiger partial charge in [0.2, 0.25) is 0 Å². The van der Waals surface area contributed by atoms with E-state index < -0.39 is 10.8 Å². The molecule has 0 fully saturated rings. The predicted octanol–water partition coefficient (Wildman–Crippen LogP) is 4.78. The molecule has 7 heteroatoms. The number of carbonyl (C=O) groups excluding carboxylic acids is 1. The van der Waals surface area contributed by atoms with Crippen LogP contribution in [-0.2, 0) is 6.54 Å². The zero-order chi connectivity index (χ0) is 20.8. The first-order valence-electron chi connectivity index (χ1n) is 8.99. The topological polar surface area (TPSA) is 93.5 Å². The molecule has 0 unspecified atom stereocenters. The fourth-order valence-corrected chi connectivity index (χ4v) is 2.78. The number of nitro benzene ring substituents is 1. The van der Waals surface area contributed by atoms with Crippen molar-refractivity contribution in [2.75, 3.05) is 17.7 Å². The van der Waals surface area contributed by atoms with Crippen LogP contribution in [0.15, 0.2) is 66.7 Å². The van der Waals surface area contributed by atoms with Gasteiger partial charge in [-0.15, -0.1) is 0 Å². The van der Waals surface area contributed by atoms with E-state index in [0.29, 0.717) is 23.7 Å². The first-order valence-corrected chi connectivity index (χ1v) is 8.99. The lowest BCUT2D eigenvalue weighted by Crippen LogP contribution is -2.13. The van der Waals surface area contributed by atoms with E-state index in [4.69, 9.17) is 4.74 Å². The molecule has 0 aliphatic heterocycles. The summed E-state index contributed by atoms with van der Waals surface area (Å²) < 4.78 is 5.13. The van der Waals surface area contributed by atoms with Crippen molar-refractivity contribution in [1.29, 1.82) is 0 Å². The summed E-state index contributed by atoms with van der Waals surface area (Å²) in [4.78, 5) is 23.5. The molecule has 0 aliphatic rings. The number of nitro groups is 1. The van der Waals surface area contributed by atoms with Crippen molar-refractivity contribution in [2.45, 2.75) is 13.5 Å². The van der Waals surface area contributed by atoms with Crippen molar-refractivity contribution in [3.8, 4) is 5.75 Å². The number of rotatable bonds is 7. The van der Waals surface area contributed by atoms with Gasteiger partial charge in [0.05, 0.1) is 12.0 Å². The Bertz CT molecular complexity index is 1030. The molecule has 3 rings (SSSR count). The molecule has 0 aliphatic carbocycles. The van der Waals surface area contributed by atoms with Crippen LogP contribution in [0.5, 0.6) is 5.75 Å². The van der Waals surface area contributed by atoms with Crippen molar-refractivity contribution in [2.24, 2.45) is 0 Å². The number of anilines is 2. The Hall–Kier alpha value is -3.87. The first kappa shape index (κ1) is 19.9. The molecule has 1 amide bonds. The van der Waals surface area contributed by atoms with Gasteiger partial charge in [0.25, 0.3) is 11.6 Å². The monoisotopic (exact) mass is 391 g/mol. The maximum absolute atomic E-state index is 12.5. The second kappa shape index (κ2) is 8.88. The van der Waals surface area contributed by atoms with Gasteiger partial charge in [-0.3, -0.25) is 14.9 Å². The molecule has 3 aromatic rings. The minimum Gasteiger partial charge on any atom is -0.497 e. The molecule has 148 valence electrons. The molecule has 0 aromatic heterocycles. The number of hydrogen-bond acceptors (Lipinski definition) is 5. The minimum absolute atomic E-state index is 0.157. The molecular weight excluding hydrogens is 370 g/mol. The number of carbonyl (C=O) groups is 1. The number of amides is 1. The molecular formula is C22H21N3O4. The third kappa shape index (κ3) is 5.10. The van der Waals surface area contributed by atoms with Crippen LogP contribution in [0.25, 0.3) is 0 Å². The Labute approximate surface area is 168 Å². The van der Waals surface area contributed by atoms with Crippen LogP contribution < -0.4 is 15.4 Å². The van der Waals surface area contributed by atoms with Gasteiger partial charge in [0, 0.05) is 29.9 Å². The van der Waals surface area contributed by atoms with Crippen LogP contribution in [0, 0.1) is 17.0 Å². The van der Waals surface area contributed by atoms with Gasteiger partial charge in [-0.2, -0.15) is 0 Å². The van der Waals surface area contributed by atoms with Crippen molar-refractivity contribution in [1.82, 2.24) is 0 Å². The number of ether oxygens (including phenoxy) is 1. The highest BCUT2D eigenvalue weighted by Crippen LogP contribution is 2.27. The highest BCUT2D eigenvalue weighted by molar-refractivity contribution is 6.05. The van der Waals surface area contributed by atoms with E-state index in [0.717, 1.165) is 11.1 Å². The van der Waals surface area contributed by atoms with E-state index in [9.17, 15) is 14.9 Å². The van der Waals surface area contributed by atoms with E-state index in [1.54, 1.807) is 36.4 Å². The fourth-order valence-electron chi connectivity index (χ4n) is 2.78. The molecule has 0 saturated heterocycles. The van der Waals surface area contributed by atoms with E-state index in [-0.39, 0.29) is 11.3 Å². The summed E-state index contributed by atoms with van der Waals surface area (Å²) in [6.45, 7) is 2.44. The number of aryl methyl sites for hydroxylation is 1. The summed E-state index contributed by atoms with van der Waals surface area (Å²) in [5.41, 5.74) is 3.08. The van der Waals surface area contributed by atoms with E-state index >= 15 is 0 Å². The zero-order valence-corrected chi connectivity index (χ0v) is 16.1. The molecule has 7 nitrogen and oxygen atoms in total. The molecule has 2 N–H and O–H groups in total. The predicted molar refractivity (Wildman–Crippen MR) is 113 cm³/mol. The minimum atomic E-state index is -0.500. The standard InChI is InChI=1S/C22H21N3O4/c1-15-6-8-16(9-7-15)14-23-20-11-10-17(12-21(20)25(27)28)22(26)24-18-4-3-5-19(13-18)29-2/h3-13,23H,14H2,1-2H3,(H,24,26). The number of methoxy groups -OCH3 is 1. The Balaban J connectivity index is 1.76. The second-order valence-corrected chi connectivity index (χ2v) is 6.51. The molecule has 3 aromatic carbocycles. The summed E-state index contributed by atoms with van der Waals surface area (Å²) in [5, 5.41) is 17.3. The highest BCUT2D eigenvalue weighted by atomic mass is 16.6. The third-order valence-electron chi connectivity index (χ3n) is 4.39. The van der Waals surface area contributed by atoms with Crippen molar-refractivity contribution < 1.29 is 14.5 Å². The molecule has 0 atom stereocenters. The van der Waals surface area contributed by atoms with Gasteiger partial charge in [0.1, 0.15) is 11.4 Å². The summed E-state index contributed by atoms with van der Waals surface area (Å²) in [7, 11) is 1.53. The van der Waals surface area contributed by atoms with Crippen molar-refractivity contribution >= 4 is 23.0 Å². The van der Waals surface area contributed by atoms with Crippen LogP contribution in [0.4, 0.5) is 17.1 Å². The molecule has 0 spiro atoms. The molecule has 29 heavy (non-hydrogen) atoms. The number of benzene rings is 3. The largest absolute Gasteiger partial charge is 0.497 e. The lowest BCUT2D eigenvalue weighted by Gasteiger charge is -2.10. The van der Waals surface area contributed by atoms with E-state index in [2.05, 4.69) is 10.6 Å². The lowest BCUT2D eigenvalue weighted by atomic mass is 10.1. The summed E-state index contributed by atoms with van der Waals surface area (Å²) in [6.07, 6.45) is 0. The van der Waals surface area contributed by atoms with Gasteiger partial charge >= 0.3 is 0 Å². The number of hydrogen-bond donors (Lipinski definition) is 2. The van der Waals surface area contributed by atoms with Gasteiger partial charge in [-0.25, -0.2) is 0 Å². The van der Waals surface area contributed by atoms with E-state index in [1.807, 2.05) is 31.2 Å². The van der Waals surface area contributed by atoms with Gasteiger partial charge < -0.3 is 15.4 Å². The number of nitrogens with one attached hydrogen (secondary N) is 2. The molecule has 0 saturated carbocycles. The molecule has 0 heterocycles. The van der Waals surface area contributed by atoms with Crippen LogP contribution in [-0.4, -0.2) is 17.9 Å². The SMILES string of the molecule is COc1cccc(NC(=O)c2ccc(NCc3ccc(C)cc3)c([N+](=O)[O-])c2)c1. The quantitative estimate of drug-likeness (QED) is 0.447. The summed E-state index contributed by atoms with van der Waals surface area (Å²) in [6, 6.07) is 19.2. The summed E-state index contributed by atoms with van der Waals surface area (Å²) >= 11 is 0. The Morgan fingerprint density at radius 2 is 1.83 bits per heavy atom. The third-order valence-corrected chi connectivity index (χ3v) is 4.39. The van der Waals surface area contributed by atoms with Crippen LogP contribution in [0.2, 0.25) is 0 Å². The Kier molecular flexibility index (Phi) is 6.09.